The maximum atomic E-state index is 4.47. The molecule has 0 fully saturated rings. The van der Waals surface area contributed by atoms with Gasteiger partial charge in [0.1, 0.15) is 16.7 Å². The number of nitrogens with zero attached hydrogens (tertiary/aromatic N) is 3. The van der Waals surface area contributed by atoms with Gasteiger partial charge in [0.2, 0.25) is 0 Å². The Morgan fingerprint density at radius 1 is 1.19 bits per heavy atom. The molecule has 0 amide bonds. The summed E-state index contributed by atoms with van der Waals surface area (Å²) in [4.78, 5) is 8.93. The van der Waals surface area contributed by atoms with Gasteiger partial charge in [-0.15, -0.1) is 0 Å². The Morgan fingerprint density at radius 3 is 2.94 bits per heavy atom. The van der Waals surface area contributed by atoms with E-state index in [0.29, 0.717) is 0 Å². The third-order valence-corrected chi connectivity index (χ3v) is 3.42. The summed E-state index contributed by atoms with van der Waals surface area (Å²) in [5.74, 6) is 0.949. The predicted molar refractivity (Wildman–Crippen MR) is 65.7 cm³/mol. The van der Waals surface area contributed by atoms with Crippen LogP contribution in [0.2, 0.25) is 0 Å². The summed E-state index contributed by atoms with van der Waals surface area (Å²) in [5.41, 5.74) is 2.57. The highest BCUT2D eigenvalue weighted by Crippen LogP contribution is 2.22. The second-order valence-corrected chi connectivity index (χ2v) is 4.85. The zero-order chi connectivity index (χ0) is 11.0. The van der Waals surface area contributed by atoms with Gasteiger partial charge in [0, 0.05) is 5.69 Å². The van der Waals surface area contributed by atoms with Gasteiger partial charge in [-0.3, -0.25) is 4.57 Å². The van der Waals surface area contributed by atoms with Crippen LogP contribution in [0, 0.1) is 0 Å². The second-order valence-electron chi connectivity index (χ2n) is 4.03. The number of fused-ring (bicyclic) bond motifs is 1. The van der Waals surface area contributed by atoms with Crippen LogP contribution >= 0.6 is 15.9 Å². The molecular formula is C12H12BrN3. The van der Waals surface area contributed by atoms with E-state index in [0.717, 1.165) is 23.3 Å². The lowest BCUT2D eigenvalue weighted by molar-refractivity contribution is 0.654. The first kappa shape index (κ1) is 10.0. The molecule has 4 heteroatoms. The van der Waals surface area contributed by atoms with E-state index in [1.165, 1.54) is 24.2 Å². The van der Waals surface area contributed by atoms with Gasteiger partial charge in [0.25, 0.3) is 0 Å². The van der Waals surface area contributed by atoms with E-state index < -0.39 is 0 Å². The standard InChI is InChI=1S/C12H12BrN3/c13-11-6-3-7-12(15-11)16-8-14-9-4-1-2-5-10(9)16/h3,6-8H,1-2,4-5H2. The van der Waals surface area contributed by atoms with Crippen LogP contribution in [0.5, 0.6) is 0 Å². The van der Waals surface area contributed by atoms with Crippen molar-refractivity contribution in [3.8, 4) is 5.82 Å². The van der Waals surface area contributed by atoms with Gasteiger partial charge >= 0.3 is 0 Å². The van der Waals surface area contributed by atoms with E-state index in [-0.39, 0.29) is 0 Å². The number of hydrogen-bond donors (Lipinski definition) is 0. The minimum absolute atomic E-state index is 0.864. The molecular weight excluding hydrogens is 266 g/mol. The average molecular weight is 278 g/mol. The molecule has 0 aromatic carbocycles. The number of rotatable bonds is 1. The number of aromatic nitrogens is 3. The largest absolute Gasteiger partial charge is 0.287 e. The van der Waals surface area contributed by atoms with E-state index in [9.17, 15) is 0 Å². The molecule has 0 bridgehead atoms. The normalized spacial score (nSPS) is 14.8. The highest BCUT2D eigenvalue weighted by Gasteiger charge is 2.16. The fourth-order valence-corrected chi connectivity index (χ4v) is 2.53. The van der Waals surface area contributed by atoms with Crippen LogP contribution in [0.3, 0.4) is 0 Å². The van der Waals surface area contributed by atoms with Gasteiger partial charge in [0.05, 0.1) is 5.69 Å². The van der Waals surface area contributed by atoms with E-state index in [2.05, 4.69) is 30.5 Å². The van der Waals surface area contributed by atoms with Crippen LogP contribution in [-0.4, -0.2) is 14.5 Å². The van der Waals surface area contributed by atoms with Crippen LogP contribution in [-0.2, 0) is 12.8 Å². The van der Waals surface area contributed by atoms with Crippen LogP contribution in [0.1, 0.15) is 24.2 Å². The molecule has 82 valence electrons. The zero-order valence-electron chi connectivity index (χ0n) is 8.86. The van der Waals surface area contributed by atoms with Gasteiger partial charge in [-0.05, 0) is 53.7 Å². The van der Waals surface area contributed by atoms with E-state index in [1.807, 2.05) is 24.5 Å². The van der Waals surface area contributed by atoms with Gasteiger partial charge < -0.3 is 0 Å². The van der Waals surface area contributed by atoms with Crippen LogP contribution in [0.4, 0.5) is 0 Å². The molecule has 0 N–H and O–H groups in total. The van der Waals surface area contributed by atoms with E-state index >= 15 is 0 Å². The highest BCUT2D eigenvalue weighted by molar-refractivity contribution is 9.10. The number of pyridine rings is 1. The Kier molecular flexibility index (Phi) is 2.52. The van der Waals surface area contributed by atoms with Gasteiger partial charge in [-0.1, -0.05) is 6.07 Å². The molecule has 2 heterocycles. The minimum atomic E-state index is 0.864. The van der Waals surface area contributed by atoms with Crippen molar-refractivity contribution in [2.75, 3.05) is 0 Å². The summed E-state index contributed by atoms with van der Waals surface area (Å²) in [6, 6.07) is 5.95. The summed E-state index contributed by atoms with van der Waals surface area (Å²) < 4.78 is 2.97. The van der Waals surface area contributed by atoms with E-state index in [4.69, 9.17) is 0 Å². The van der Waals surface area contributed by atoms with Crippen molar-refractivity contribution in [1.29, 1.82) is 0 Å². The lowest BCUT2D eigenvalue weighted by atomic mass is 10.0. The van der Waals surface area contributed by atoms with Crippen molar-refractivity contribution in [3.63, 3.8) is 0 Å². The molecule has 0 unspecified atom stereocenters. The Bertz CT molecular complexity index is 519. The quantitative estimate of drug-likeness (QED) is 0.751. The molecule has 0 saturated heterocycles. The fourth-order valence-electron chi connectivity index (χ4n) is 2.20. The Balaban J connectivity index is 2.09. The maximum absolute atomic E-state index is 4.47. The molecule has 1 aliphatic carbocycles. The number of imidazole rings is 1. The van der Waals surface area contributed by atoms with Gasteiger partial charge in [0.15, 0.2) is 0 Å². The summed E-state index contributed by atoms with van der Waals surface area (Å²) in [6.45, 7) is 0. The third-order valence-electron chi connectivity index (χ3n) is 2.98. The molecule has 0 aliphatic heterocycles. The van der Waals surface area contributed by atoms with Crippen LogP contribution in [0.25, 0.3) is 5.82 Å². The van der Waals surface area contributed by atoms with Crippen molar-refractivity contribution in [2.45, 2.75) is 25.7 Å². The summed E-state index contributed by atoms with van der Waals surface area (Å²) in [6.07, 6.45) is 6.63. The molecule has 0 saturated carbocycles. The monoisotopic (exact) mass is 277 g/mol. The lowest BCUT2D eigenvalue weighted by Gasteiger charge is -2.13. The first-order chi connectivity index (χ1) is 7.84. The van der Waals surface area contributed by atoms with Gasteiger partial charge in [-0.2, -0.15) is 0 Å². The predicted octanol–water partition coefficient (Wildman–Crippen LogP) is 2.91. The smallest absolute Gasteiger partial charge is 0.139 e. The first-order valence-electron chi connectivity index (χ1n) is 5.52. The van der Waals surface area contributed by atoms with Crippen molar-refractivity contribution in [3.05, 3.63) is 40.5 Å². The number of aryl methyl sites for hydroxylation is 1. The van der Waals surface area contributed by atoms with Crippen LogP contribution < -0.4 is 0 Å². The van der Waals surface area contributed by atoms with Crippen molar-refractivity contribution in [2.24, 2.45) is 0 Å². The molecule has 0 atom stereocenters. The van der Waals surface area contributed by atoms with Crippen molar-refractivity contribution in [1.82, 2.24) is 14.5 Å². The minimum Gasteiger partial charge on any atom is -0.287 e. The number of hydrogen-bond acceptors (Lipinski definition) is 2. The molecule has 16 heavy (non-hydrogen) atoms. The molecule has 3 nitrogen and oxygen atoms in total. The highest BCUT2D eigenvalue weighted by atomic mass is 79.9. The SMILES string of the molecule is Brc1cccc(-n2cnc3c2CCCC3)n1. The Morgan fingerprint density at radius 2 is 2.06 bits per heavy atom. The summed E-state index contributed by atoms with van der Waals surface area (Å²) in [5, 5.41) is 0. The van der Waals surface area contributed by atoms with Crippen molar-refractivity contribution >= 4 is 15.9 Å². The Hall–Kier alpha value is -1.16. The second kappa shape index (κ2) is 4.01. The summed E-state index contributed by atoms with van der Waals surface area (Å²) in [7, 11) is 0. The van der Waals surface area contributed by atoms with E-state index in [1.54, 1.807) is 0 Å². The lowest BCUT2D eigenvalue weighted by Crippen LogP contribution is -2.07. The fraction of sp³-hybridized carbons (Fsp3) is 0.333. The molecule has 2 aromatic rings. The molecule has 0 radical (unpaired) electrons. The van der Waals surface area contributed by atoms with Crippen molar-refractivity contribution < 1.29 is 0 Å². The maximum Gasteiger partial charge on any atom is 0.139 e. The average Bonchev–Trinajstić information content (AvgIpc) is 2.72. The number of halogens is 1. The van der Waals surface area contributed by atoms with Crippen LogP contribution in [0.15, 0.2) is 29.1 Å². The molecule has 3 rings (SSSR count). The molecule has 2 aromatic heterocycles. The Labute approximate surface area is 103 Å². The third kappa shape index (κ3) is 1.67. The van der Waals surface area contributed by atoms with Gasteiger partial charge in [-0.25, -0.2) is 9.97 Å². The summed E-state index contributed by atoms with van der Waals surface area (Å²) >= 11 is 3.40. The zero-order valence-corrected chi connectivity index (χ0v) is 10.4. The topological polar surface area (TPSA) is 30.7 Å². The molecule has 1 aliphatic rings. The first-order valence-corrected chi connectivity index (χ1v) is 6.32. The molecule has 0 spiro atoms.